The monoisotopic (exact) mass is 292 g/mol. The number of anilines is 1. The Balaban J connectivity index is 1.82. The van der Waals surface area contributed by atoms with Gasteiger partial charge in [-0.15, -0.1) is 0 Å². The molecular weight excluding hydrogens is 268 g/mol. The number of ether oxygens (including phenoxy) is 1. The summed E-state index contributed by atoms with van der Waals surface area (Å²) in [5, 5.41) is 5.67. The zero-order valence-electron chi connectivity index (χ0n) is 12.8. The number of nitrogens with one attached hydrogen (secondary N) is 2. The second-order valence-electron chi connectivity index (χ2n) is 5.40. The predicted octanol–water partition coefficient (Wildman–Crippen LogP) is 1.52. The molecule has 0 radical (unpaired) electrons. The number of hydrogen-bond donors (Lipinski definition) is 2. The van der Waals surface area contributed by atoms with E-state index < -0.39 is 0 Å². The Morgan fingerprint density at radius 2 is 2.24 bits per heavy atom. The molecule has 0 unspecified atom stereocenters. The van der Waals surface area contributed by atoms with Crippen LogP contribution < -0.4 is 15.5 Å². The maximum absolute atomic E-state index is 11.7. The number of urea groups is 1. The zero-order chi connectivity index (χ0) is 15.1. The van der Waals surface area contributed by atoms with Crippen molar-refractivity contribution in [2.45, 2.75) is 32.4 Å². The number of pyridine rings is 1. The van der Waals surface area contributed by atoms with E-state index in [1.54, 1.807) is 13.3 Å². The summed E-state index contributed by atoms with van der Waals surface area (Å²) in [6.45, 7) is 5.04. The standard InChI is InChI=1S/C15H24N4O2/c1-12(11-21-2)18-15(20)17-10-13-5-6-16-14(9-13)19-7-3-4-8-19/h5-6,9,12H,3-4,7-8,10-11H2,1-2H3,(H2,17,18,20)/t12-/m0/s1. The fourth-order valence-corrected chi connectivity index (χ4v) is 2.44. The minimum absolute atomic E-state index is 0.00685. The molecule has 1 aromatic rings. The van der Waals surface area contributed by atoms with Crippen molar-refractivity contribution >= 4 is 11.8 Å². The van der Waals surface area contributed by atoms with Crippen molar-refractivity contribution in [3.8, 4) is 0 Å². The van der Waals surface area contributed by atoms with Crippen LogP contribution in [0.3, 0.4) is 0 Å². The lowest BCUT2D eigenvalue weighted by Crippen LogP contribution is -2.42. The van der Waals surface area contributed by atoms with E-state index in [9.17, 15) is 4.79 Å². The highest BCUT2D eigenvalue weighted by Gasteiger charge is 2.13. The topological polar surface area (TPSA) is 66.5 Å². The molecule has 6 heteroatoms. The molecule has 21 heavy (non-hydrogen) atoms. The zero-order valence-corrected chi connectivity index (χ0v) is 12.8. The lowest BCUT2D eigenvalue weighted by molar-refractivity contribution is 0.171. The number of carbonyl (C=O) groups is 1. The van der Waals surface area contributed by atoms with Gasteiger partial charge in [0.25, 0.3) is 0 Å². The van der Waals surface area contributed by atoms with Crippen molar-refractivity contribution in [3.05, 3.63) is 23.9 Å². The number of amides is 2. The summed E-state index contributed by atoms with van der Waals surface area (Å²) >= 11 is 0. The molecule has 1 atom stereocenters. The van der Waals surface area contributed by atoms with E-state index in [4.69, 9.17) is 4.74 Å². The molecule has 0 aromatic carbocycles. The lowest BCUT2D eigenvalue weighted by Gasteiger charge is -2.17. The molecule has 0 spiro atoms. The van der Waals surface area contributed by atoms with Crippen LogP contribution in [0.15, 0.2) is 18.3 Å². The molecule has 6 nitrogen and oxygen atoms in total. The van der Waals surface area contributed by atoms with Crippen molar-refractivity contribution in [2.75, 3.05) is 31.7 Å². The molecule has 1 saturated heterocycles. The number of nitrogens with zero attached hydrogens (tertiary/aromatic N) is 2. The van der Waals surface area contributed by atoms with E-state index in [0.717, 1.165) is 24.5 Å². The molecule has 2 rings (SSSR count). The third kappa shape index (κ3) is 4.90. The van der Waals surface area contributed by atoms with Gasteiger partial charge >= 0.3 is 6.03 Å². The van der Waals surface area contributed by atoms with E-state index in [1.165, 1.54) is 12.8 Å². The largest absolute Gasteiger partial charge is 0.383 e. The molecule has 116 valence electrons. The van der Waals surface area contributed by atoms with Crippen molar-refractivity contribution < 1.29 is 9.53 Å². The van der Waals surface area contributed by atoms with Crippen molar-refractivity contribution in [1.82, 2.24) is 15.6 Å². The summed E-state index contributed by atoms with van der Waals surface area (Å²) in [6, 6.07) is 3.79. The molecule has 1 aliphatic heterocycles. The summed E-state index contributed by atoms with van der Waals surface area (Å²) < 4.78 is 4.98. The van der Waals surface area contributed by atoms with Gasteiger partial charge in [0.1, 0.15) is 5.82 Å². The van der Waals surface area contributed by atoms with Crippen LogP contribution >= 0.6 is 0 Å². The summed E-state index contributed by atoms with van der Waals surface area (Å²) in [5.41, 5.74) is 1.06. The Kier molecular flexibility index (Phi) is 5.80. The number of carbonyl (C=O) groups excluding carboxylic acids is 1. The summed E-state index contributed by atoms with van der Waals surface area (Å²) in [4.78, 5) is 18.4. The van der Waals surface area contributed by atoms with Crippen LogP contribution in [0.5, 0.6) is 0 Å². The molecular formula is C15H24N4O2. The van der Waals surface area contributed by atoms with E-state index >= 15 is 0 Å². The lowest BCUT2D eigenvalue weighted by atomic mass is 10.2. The molecule has 1 aromatic heterocycles. The van der Waals surface area contributed by atoms with Crippen molar-refractivity contribution in [3.63, 3.8) is 0 Å². The van der Waals surface area contributed by atoms with E-state index in [2.05, 4.69) is 20.5 Å². The summed E-state index contributed by atoms with van der Waals surface area (Å²) in [5.74, 6) is 1.000. The van der Waals surface area contributed by atoms with Crippen LogP contribution in [0.4, 0.5) is 10.6 Å². The van der Waals surface area contributed by atoms with Gasteiger partial charge in [0.15, 0.2) is 0 Å². The van der Waals surface area contributed by atoms with Gasteiger partial charge in [-0.3, -0.25) is 0 Å². The van der Waals surface area contributed by atoms with Gasteiger partial charge in [0.2, 0.25) is 0 Å². The van der Waals surface area contributed by atoms with Crippen LogP contribution in [0.25, 0.3) is 0 Å². The Hall–Kier alpha value is -1.82. The molecule has 2 amide bonds. The molecule has 0 saturated carbocycles. The van der Waals surface area contributed by atoms with Crippen LogP contribution in [0.1, 0.15) is 25.3 Å². The smallest absolute Gasteiger partial charge is 0.315 e. The quantitative estimate of drug-likeness (QED) is 0.834. The second-order valence-corrected chi connectivity index (χ2v) is 5.40. The van der Waals surface area contributed by atoms with Gasteiger partial charge in [-0.25, -0.2) is 9.78 Å². The van der Waals surface area contributed by atoms with Crippen LogP contribution in [0, 0.1) is 0 Å². The Bertz CT molecular complexity index is 461. The van der Waals surface area contributed by atoms with Gasteiger partial charge in [-0.05, 0) is 37.5 Å². The first-order chi connectivity index (χ1) is 10.2. The van der Waals surface area contributed by atoms with Crippen molar-refractivity contribution in [1.29, 1.82) is 0 Å². The molecule has 0 bridgehead atoms. The first-order valence-corrected chi connectivity index (χ1v) is 7.42. The molecule has 1 aliphatic rings. The molecule has 2 N–H and O–H groups in total. The van der Waals surface area contributed by atoms with Crippen LogP contribution in [0.2, 0.25) is 0 Å². The molecule has 1 fully saturated rings. The van der Waals surface area contributed by atoms with Gasteiger partial charge in [0.05, 0.1) is 12.6 Å². The van der Waals surface area contributed by atoms with Gasteiger partial charge in [0, 0.05) is 32.9 Å². The average Bonchev–Trinajstić information content (AvgIpc) is 3.00. The maximum Gasteiger partial charge on any atom is 0.315 e. The summed E-state index contributed by atoms with van der Waals surface area (Å²) in [7, 11) is 1.62. The second kappa shape index (κ2) is 7.83. The highest BCUT2D eigenvalue weighted by molar-refractivity contribution is 5.74. The number of aromatic nitrogens is 1. The van der Waals surface area contributed by atoms with Gasteiger partial charge < -0.3 is 20.3 Å². The van der Waals surface area contributed by atoms with Crippen LogP contribution in [-0.2, 0) is 11.3 Å². The predicted molar refractivity (Wildman–Crippen MR) is 82.4 cm³/mol. The average molecular weight is 292 g/mol. The normalized spacial score (nSPS) is 15.8. The highest BCUT2D eigenvalue weighted by atomic mass is 16.5. The fourth-order valence-electron chi connectivity index (χ4n) is 2.44. The van der Waals surface area contributed by atoms with Crippen LogP contribution in [-0.4, -0.2) is 43.9 Å². The fraction of sp³-hybridized carbons (Fsp3) is 0.600. The number of methoxy groups -OCH3 is 1. The summed E-state index contributed by atoms with van der Waals surface area (Å²) in [6.07, 6.45) is 4.25. The van der Waals surface area contributed by atoms with E-state index in [1.807, 2.05) is 19.1 Å². The van der Waals surface area contributed by atoms with Gasteiger partial charge in [-0.1, -0.05) is 0 Å². The van der Waals surface area contributed by atoms with E-state index in [-0.39, 0.29) is 12.1 Å². The number of rotatable bonds is 6. The molecule has 0 aliphatic carbocycles. The Morgan fingerprint density at radius 3 is 2.95 bits per heavy atom. The minimum Gasteiger partial charge on any atom is -0.383 e. The van der Waals surface area contributed by atoms with E-state index in [0.29, 0.717) is 13.2 Å². The first-order valence-electron chi connectivity index (χ1n) is 7.42. The third-order valence-corrected chi connectivity index (χ3v) is 3.49. The SMILES string of the molecule is COC[C@H](C)NC(=O)NCc1ccnc(N2CCCC2)c1. The first kappa shape index (κ1) is 15.6. The Labute approximate surface area is 125 Å². The maximum atomic E-state index is 11.7. The Morgan fingerprint density at radius 1 is 1.48 bits per heavy atom. The minimum atomic E-state index is -0.181. The van der Waals surface area contributed by atoms with Crippen molar-refractivity contribution in [2.24, 2.45) is 0 Å². The number of hydrogen-bond acceptors (Lipinski definition) is 4. The third-order valence-electron chi connectivity index (χ3n) is 3.49. The van der Waals surface area contributed by atoms with Gasteiger partial charge in [-0.2, -0.15) is 0 Å². The molecule has 2 heterocycles. The highest BCUT2D eigenvalue weighted by Crippen LogP contribution is 2.18.